The Morgan fingerprint density at radius 2 is 1.80 bits per heavy atom. The molecule has 0 amide bonds. The maximum absolute atomic E-state index is 12.7. The first-order valence-corrected chi connectivity index (χ1v) is 10.4. The monoisotopic (exact) mass is 371 g/mol. The van der Waals surface area contributed by atoms with Crippen LogP contribution in [0.1, 0.15) is 54.4 Å². The number of hydrogen-bond donors (Lipinski definition) is 2. The van der Waals surface area contributed by atoms with E-state index in [0.717, 1.165) is 25.9 Å². The SMILES string of the molecule is CCOC(=O)c1c(C)[nH]c(C)c1S(=O)(=O)NCCN1CCCCCC1. The van der Waals surface area contributed by atoms with Crippen molar-refractivity contribution in [3.63, 3.8) is 0 Å². The molecule has 0 bridgehead atoms. The van der Waals surface area contributed by atoms with Gasteiger partial charge in [-0.05, 0) is 46.7 Å². The van der Waals surface area contributed by atoms with Crippen molar-refractivity contribution in [2.24, 2.45) is 0 Å². The number of carbonyl (C=O) groups excluding carboxylic acids is 1. The van der Waals surface area contributed by atoms with Gasteiger partial charge < -0.3 is 14.6 Å². The van der Waals surface area contributed by atoms with E-state index in [1.165, 1.54) is 12.8 Å². The van der Waals surface area contributed by atoms with Crippen molar-refractivity contribution < 1.29 is 17.9 Å². The van der Waals surface area contributed by atoms with Crippen molar-refractivity contribution in [2.45, 2.75) is 51.3 Å². The molecule has 0 unspecified atom stereocenters. The first-order valence-electron chi connectivity index (χ1n) is 8.95. The lowest BCUT2D eigenvalue weighted by atomic mass is 10.2. The third kappa shape index (κ3) is 5.05. The average Bonchev–Trinajstić information content (AvgIpc) is 2.71. The van der Waals surface area contributed by atoms with Crippen LogP contribution in [0.2, 0.25) is 0 Å². The molecule has 1 fully saturated rings. The second-order valence-electron chi connectivity index (χ2n) is 6.45. The zero-order valence-corrected chi connectivity index (χ0v) is 16.2. The second kappa shape index (κ2) is 8.82. The van der Waals surface area contributed by atoms with E-state index in [1.54, 1.807) is 20.8 Å². The number of aromatic nitrogens is 1. The van der Waals surface area contributed by atoms with E-state index in [4.69, 9.17) is 4.74 Å². The van der Waals surface area contributed by atoms with Crippen LogP contribution in [0.4, 0.5) is 0 Å². The Labute approximate surface area is 150 Å². The molecule has 0 saturated carbocycles. The molecule has 25 heavy (non-hydrogen) atoms. The molecule has 142 valence electrons. The molecular weight excluding hydrogens is 342 g/mol. The van der Waals surface area contributed by atoms with Gasteiger partial charge in [0.2, 0.25) is 10.0 Å². The topological polar surface area (TPSA) is 91.5 Å². The molecule has 7 nitrogen and oxygen atoms in total. The van der Waals surface area contributed by atoms with Crippen LogP contribution >= 0.6 is 0 Å². The van der Waals surface area contributed by atoms with Crippen molar-refractivity contribution in [1.82, 2.24) is 14.6 Å². The van der Waals surface area contributed by atoms with E-state index in [1.807, 2.05) is 0 Å². The molecule has 1 aliphatic heterocycles. The van der Waals surface area contributed by atoms with Gasteiger partial charge in [-0.3, -0.25) is 0 Å². The van der Waals surface area contributed by atoms with E-state index in [9.17, 15) is 13.2 Å². The molecule has 0 aromatic carbocycles. The Morgan fingerprint density at radius 1 is 1.16 bits per heavy atom. The summed E-state index contributed by atoms with van der Waals surface area (Å²) in [7, 11) is -3.78. The molecule has 1 aliphatic rings. The van der Waals surface area contributed by atoms with Crippen LogP contribution in [0.5, 0.6) is 0 Å². The Morgan fingerprint density at radius 3 is 2.40 bits per heavy atom. The highest BCUT2D eigenvalue weighted by atomic mass is 32.2. The Kier molecular flexibility index (Phi) is 7.04. The number of H-pyrrole nitrogens is 1. The van der Waals surface area contributed by atoms with E-state index < -0.39 is 16.0 Å². The molecule has 0 radical (unpaired) electrons. The summed E-state index contributed by atoms with van der Waals surface area (Å²) in [4.78, 5) is 17.4. The van der Waals surface area contributed by atoms with Gasteiger partial charge in [0.1, 0.15) is 10.5 Å². The minimum Gasteiger partial charge on any atom is -0.462 e. The Balaban J connectivity index is 2.09. The number of carbonyl (C=O) groups is 1. The molecular formula is C17H29N3O4S. The summed E-state index contributed by atoms with van der Waals surface area (Å²) in [6.45, 7) is 8.25. The van der Waals surface area contributed by atoms with Crippen molar-refractivity contribution in [2.75, 3.05) is 32.8 Å². The van der Waals surface area contributed by atoms with Crippen LogP contribution < -0.4 is 4.72 Å². The minimum absolute atomic E-state index is 0.000633. The smallest absolute Gasteiger partial charge is 0.341 e. The average molecular weight is 372 g/mol. The third-order valence-corrected chi connectivity index (χ3v) is 6.12. The van der Waals surface area contributed by atoms with Gasteiger partial charge in [-0.15, -0.1) is 0 Å². The van der Waals surface area contributed by atoms with E-state index in [0.29, 0.717) is 24.5 Å². The summed E-state index contributed by atoms with van der Waals surface area (Å²) in [5.41, 5.74) is 1.05. The van der Waals surface area contributed by atoms with Crippen molar-refractivity contribution >= 4 is 16.0 Å². The fourth-order valence-electron chi connectivity index (χ4n) is 3.31. The van der Waals surface area contributed by atoms with Gasteiger partial charge in [-0.25, -0.2) is 17.9 Å². The first-order chi connectivity index (χ1) is 11.9. The standard InChI is InChI=1S/C17H29N3O4S/c1-4-24-17(21)15-13(2)19-14(3)16(15)25(22,23)18-9-12-20-10-7-5-6-8-11-20/h18-19H,4-12H2,1-3H3. The number of aryl methyl sites for hydroxylation is 2. The van der Waals surface area contributed by atoms with Crippen LogP contribution in [0.15, 0.2) is 4.90 Å². The van der Waals surface area contributed by atoms with Crippen LogP contribution in [-0.4, -0.2) is 57.1 Å². The number of nitrogens with one attached hydrogen (secondary N) is 2. The van der Waals surface area contributed by atoms with Crippen molar-refractivity contribution in [3.8, 4) is 0 Å². The summed E-state index contributed by atoms with van der Waals surface area (Å²) in [6, 6.07) is 0. The van der Waals surface area contributed by atoms with Gasteiger partial charge in [0, 0.05) is 24.5 Å². The molecule has 8 heteroatoms. The van der Waals surface area contributed by atoms with Gasteiger partial charge in [0.25, 0.3) is 0 Å². The highest BCUT2D eigenvalue weighted by Gasteiger charge is 2.29. The van der Waals surface area contributed by atoms with Gasteiger partial charge in [0.15, 0.2) is 0 Å². The molecule has 0 aliphatic carbocycles. The van der Waals surface area contributed by atoms with Gasteiger partial charge in [-0.2, -0.15) is 0 Å². The number of hydrogen-bond acceptors (Lipinski definition) is 5. The summed E-state index contributed by atoms with van der Waals surface area (Å²) < 4.78 is 33.1. The maximum atomic E-state index is 12.7. The molecule has 2 heterocycles. The zero-order chi connectivity index (χ0) is 18.4. The lowest BCUT2D eigenvalue weighted by Crippen LogP contribution is -2.36. The molecule has 2 N–H and O–H groups in total. The summed E-state index contributed by atoms with van der Waals surface area (Å²) in [5.74, 6) is -0.614. The molecule has 1 aromatic rings. The fraction of sp³-hybridized carbons (Fsp3) is 0.706. The molecule has 0 spiro atoms. The van der Waals surface area contributed by atoms with Crippen LogP contribution in [0.3, 0.4) is 0 Å². The number of ether oxygens (including phenoxy) is 1. The number of likely N-dealkylation sites (tertiary alicyclic amines) is 1. The molecule has 1 aromatic heterocycles. The predicted octanol–water partition coefficient (Wildman–Crippen LogP) is 1.96. The number of esters is 1. The second-order valence-corrected chi connectivity index (χ2v) is 8.16. The summed E-state index contributed by atoms with van der Waals surface area (Å²) in [5, 5.41) is 0. The normalized spacial score (nSPS) is 16.6. The fourth-order valence-corrected chi connectivity index (χ4v) is 4.78. The van der Waals surface area contributed by atoms with Crippen LogP contribution in [0, 0.1) is 13.8 Å². The number of sulfonamides is 1. The third-order valence-electron chi connectivity index (χ3n) is 4.48. The van der Waals surface area contributed by atoms with E-state index in [-0.39, 0.29) is 17.1 Å². The highest BCUT2D eigenvalue weighted by Crippen LogP contribution is 2.24. The van der Waals surface area contributed by atoms with Crippen LogP contribution in [-0.2, 0) is 14.8 Å². The van der Waals surface area contributed by atoms with Crippen LogP contribution in [0.25, 0.3) is 0 Å². The van der Waals surface area contributed by atoms with E-state index >= 15 is 0 Å². The van der Waals surface area contributed by atoms with Gasteiger partial charge in [0.05, 0.1) is 6.61 Å². The first kappa shape index (κ1) is 19.9. The molecule has 0 atom stereocenters. The summed E-state index contributed by atoms with van der Waals surface area (Å²) in [6.07, 6.45) is 4.81. The maximum Gasteiger partial charge on any atom is 0.341 e. The molecule has 2 rings (SSSR count). The number of rotatable bonds is 7. The lowest BCUT2D eigenvalue weighted by Gasteiger charge is -2.19. The summed E-state index contributed by atoms with van der Waals surface area (Å²) >= 11 is 0. The lowest BCUT2D eigenvalue weighted by molar-refractivity contribution is 0.0521. The van der Waals surface area contributed by atoms with Crippen molar-refractivity contribution in [1.29, 1.82) is 0 Å². The highest BCUT2D eigenvalue weighted by molar-refractivity contribution is 7.89. The number of aromatic amines is 1. The predicted molar refractivity (Wildman–Crippen MR) is 96.3 cm³/mol. The number of nitrogens with zero attached hydrogens (tertiary/aromatic N) is 1. The van der Waals surface area contributed by atoms with Crippen molar-refractivity contribution in [3.05, 3.63) is 17.0 Å². The van der Waals surface area contributed by atoms with Gasteiger partial charge >= 0.3 is 5.97 Å². The Bertz CT molecular complexity index is 689. The Hall–Kier alpha value is -1.38. The minimum atomic E-state index is -3.78. The van der Waals surface area contributed by atoms with E-state index in [2.05, 4.69) is 14.6 Å². The van der Waals surface area contributed by atoms with Gasteiger partial charge in [-0.1, -0.05) is 12.8 Å². The zero-order valence-electron chi connectivity index (χ0n) is 15.4. The quantitative estimate of drug-likeness (QED) is 0.715. The molecule has 1 saturated heterocycles. The largest absolute Gasteiger partial charge is 0.462 e.